The molecule has 0 aliphatic carbocycles. The summed E-state index contributed by atoms with van der Waals surface area (Å²) < 4.78 is 0. The third kappa shape index (κ3) is 168. The molecule has 0 aromatic heterocycles. The van der Waals surface area contributed by atoms with Gasteiger partial charge in [-0.05, 0) is 0 Å². The van der Waals surface area contributed by atoms with Crippen molar-refractivity contribution in [2.24, 2.45) is 0 Å². The van der Waals surface area contributed by atoms with Crippen LogP contribution in [0.1, 0.15) is 6.92 Å². The number of hydrogen-bond acceptors (Lipinski definition) is 1. The molecule has 32 valence electrons. The summed E-state index contributed by atoms with van der Waals surface area (Å²) in [5.41, 5.74) is 0. The van der Waals surface area contributed by atoms with Crippen LogP contribution in [0, 0.1) is 11.3 Å². The van der Waals surface area contributed by atoms with Crippen LogP contribution in [-0.4, -0.2) is 5.48 Å². The summed E-state index contributed by atoms with van der Waals surface area (Å²) in [5.74, 6) is 0. The summed E-state index contributed by atoms with van der Waals surface area (Å²) in [6.45, 7) is 1.43. The normalized spacial score (nSPS) is 1.60. The SMILES string of the molecule is CC#N.Cl.O. The summed E-state index contributed by atoms with van der Waals surface area (Å²) in [6, 6.07) is 1.75. The molecule has 0 heterocycles. The van der Waals surface area contributed by atoms with Crippen molar-refractivity contribution in [3.63, 3.8) is 0 Å². The highest BCUT2D eigenvalue weighted by atomic mass is 35.5. The van der Waals surface area contributed by atoms with E-state index in [9.17, 15) is 0 Å². The van der Waals surface area contributed by atoms with Crippen LogP contribution in [0.25, 0.3) is 0 Å². The Morgan fingerprint density at radius 1 is 1.60 bits per heavy atom. The molecule has 0 atom stereocenters. The van der Waals surface area contributed by atoms with Gasteiger partial charge in [0.2, 0.25) is 0 Å². The molecule has 0 aromatic carbocycles. The van der Waals surface area contributed by atoms with E-state index in [2.05, 4.69) is 0 Å². The lowest BCUT2D eigenvalue weighted by Crippen LogP contribution is -1.10. The zero-order valence-electron chi connectivity index (χ0n) is 2.86. The molecule has 0 radical (unpaired) electrons. The molecule has 0 amide bonds. The predicted octanol–water partition coefficient (Wildman–Crippen LogP) is 0.127. The Kier molecular flexibility index (Phi) is 225. The molecule has 0 saturated heterocycles. The van der Waals surface area contributed by atoms with E-state index in [0.29, 0.717) is 0 Å². The Hall–Kier alpha value is -0.260. The van der Waals surface area contributed by atoms with Gasteiger partial charge in [-0.1, -0.05) is 0 Å². The Bertz CT molecular complexity index is 31.1. The zero-order chi connectivity index (χ0) is 2.71. The van der Waals surface area contributed by atoms with Crippen molar-refractivity contribution in [3.05, 3.63) is 0 Å². The minimum atomic E-state index is 0. The Morgan fingerprint density at radius 3 is 1.60 bits per heavy atom. The van der Waals surface area contributed by atoms with Crippen LogP contribution in [0.5, 0.6) is 0 Å². The Labute approximate surface area is 37.1 Å². The molecule has 0 unspecified atom stereocenters. The minimum Gasteiger partial charge on any atom is -0.412 e. The van der Waals surface area contributed by atoms with Gasteiger partial charge in [0.25, 0.3) is 0 Å². The average molecular weight is 95.5 g/mol. The van der Waals surface area contributed by atoms with Crippen LogP contribution in [0.15, 0.2) is 0 Å². The molecule has 0 aromatic rings. The van der Waals surface area contributed by atoms with Gasteiger partial charge in [0.05, 0.1) is 6.07 Å². The topological polar surface area (TPSA) is 55.3 Å². The van der Waals surface area contributed by atoms with Gasteiger partial charge in [0.15, 0.2) is 0 Å². The second-order valence-corrected chi connectivity index (χ2v) is 0.224. The quantitative estimate of drug-likeness (QED) is 0.422. The van der Waals surface area contributed by atoms with Gasteiger partial charge in [-0.2, -0.15) is 5.26 Å². The highest BCUT2D eigenvalue weighted by Gasteiger charge is 1.17. The van der Waals surface area contributed by atoms with E-state index in [1.165, 1.54) is 6.92 Å². The van der Waals surface area contributed by atoms with Crippen LogP contribution in [-0.2, 0) is 0 Å². The minimum absolute atomic E-state index is 0. The maximum atomic E-state index is 7.32. The standard InChI is InChI=1S/C2H3N.ClH.H2O/c1-2-3;;/h1H3;1H;1H2. The van der Waals surface area contributed by atoms with E-state index in [0.717, 1.165) is 0 Å². The molecule has 0 fully saturated rings. The van der Waals surface area contributed by atoms with Crippen LogP contribution in [0.3, 0.4) is 0 Å². The van der Waals surface area contributed by atoms with E-state index < -0.39 is 0 Å². The van der Waals surface area contributed by atoms with Crippen molar-refractivity contribution < 1.29 is 5.48 Å². The molecule has 0 rings (SSSR count). The van der Waals surface area contributed by atoms with Gasteiger partial charge in [0.1, 0.15) is 0 Å². The number of halogens is 1. The number of hydrogen-bond donors (Lipinski definition) is 0. The smallest absolute Gasteiger partial charge is 0.0587 e. The molecule has 0 saturated carbocycles. The van der Waals surface area contributed by atoms with Crippen molar-refractivity contribution in [2.45, 2.75) is 6.92 Å². The summed E-state index contributed by atoms with van der Waals surface area (Å²) in [4.78, 5) is 0. The molecular formula is C2H6ClNO. The van der Waals surface area contributed by atoms with E-state index in [4.69, 9.17) is 5.26 Å². The third-order valence-electron chi connectivity index (χ3n) is 0. The largest absolute Gasteiger partial charge is 0.412 e. The summed E-state index contributed by atoms with van der Waals surface area (Å²) in [5, 5.41) is 7.32. The van der Waals surface area contributed by atoms with Gasteiger partial charge in [0, 0.05) is 6.92 Å². The second kappa shape index (κ2) is 51.3. The van der Waals surface area contributed by atoms with Crippen LogP contribution < -0.4 is 0 Å². The zero-order valence-corrected chi connectivity index (χ0v) is 3.67. The fourth-order valence-electron chi connectivity index (χ4n) is 0. The van der Waals surface area contributed by atoms with Crippen molar-refractivity contribution in [2.75, 3.05) is 0 Å². The third-order valence-corrected chi connectivity index (χ3v) is 0. The maximum absolute atomic E-state index is 7.32. The Balaban J connectivity index is -0.0000000200. The van der Waals surface area contributed by atoms with Crippen molar-refractivity contribution in [1.82, 2.24) is 0 Å². The van der Waals surface area contributed by atoms with Crippen LogP contribution in [0.4, 0.5) is 0 Å². The van der Waals surface area contributed by atoms with E-state index in [1.54, 1.807) is 6.07 Å². The molecule has 2 N–H and O–H groups in total. The average Bonchev–Trinajstić information content (AvgIpc) is 0.918. The van der Waals surface area contributed by atoms with Gasteiger partial charge in [-0.15, -0.1) is 12.4 Å². The lowest BCUT2D eigenvalue weighted by atomic mass is 11.0. The number of nitriles is 1. The highest BCUT2D eigenvalue weighted by molar-refractivity contribution is 5.85. The van der Waals surface area contributed by atoms with E-state index in [1.807, 2.05) is 0 Å². The van der Waals surface area contributed by atoms with Crippen LogP contribution >= 0.6 is 12.4 Å². The van der Waals surface area contributed by atoms with Gasteiger partial charge < -0.3 is 5.48 Å². The Morgan fingerprint density at radius 2 is 1.60 bits per heavy atom. The lowest BCUT2D eigenvalue weighted by molar-refractivity contribution is 0.824. The second-order valence-electron chi connectivity index (χ2n) is 0.224. The van der Waals surface area contributed by atoms with Gasteiger partial charge in [-0.3, -0.25) is 0 Å². The molecule has 0 aliphatic heterocycles. The molecule has 2 nitrogen and oxygen atoms in total. The first-order valence-corrected chi connectivity index (χ1v) is 0.724. The first-order valence-electron chi connectivity index (χ1n) is 0.724. The first kappa shape index (κ1) is 21.9. The van der Waals surface area contributed by atoms with Gasteiger partial charge in [-0.25, -0.2) is 0 Å². The van der Waals surface area contributed by atoms with E-state index in [-0.39, 0.29) is 17.9 Å². The summed E-state index contributed by atoms with van der Waals surface area (Å²) in [7, 11) is 0. The molecule has 0 bridgehead atoms. The fraction of sp³-hybridized carbons (Fsp3) is 0.500. The molecular weight excluding hydrogens is 89.5 g/mol. The number of rotatable bonds is 0. The van der Waals surface area contributed by atoms with Crippen molar-refractivity contribution in [3.8, 4) is 6.07 Å². The van der Waals surface area contributed by atoms with Crippen molar-refractivity contribution >= 4 is 12.4 Å². The molecule has 5 heavy (non-hydrogen) atoms. The van der Waals surface area contributed by atoms with Gasteiger partial charge >= 0.3 is 0 Å². The first-order chi connectivity index (χ1) is 1.41. The van der Waals surface area contributed by atoms with Crippen molar-refractivity contribution in [1.29, 1.82) is 5.26 Å². The molecule has 3 heteroatoms. The summed E-state index contributed by atoms with van der Waals surface area (Å²) >= 11 is 0. The van der Waals surface area contributed by atoms with E-state index >= 15 is 0 Å². The predicted molar refractivity (Wildman–Crippen MR) is 22.1 cm³/mol. The molecule has 0 aliphatic rings. The highest BCUT2D eigenvalue weighted by Crippen LogP contribution is 1.21. The monoisotopic (exact) mass is 95.0 g/mol. The fourth-order valence-corrected chi connectivity index (χ4v) is 0. The number of nitrogens with zero attached hydrogens (tertiary/aromatic N) is 1. The van der Waals surface area contributed by atoms with Crippen LogP contribution in [0.2, 0.25) is 0 Å². The maximum Gasteiger partial charge on any atom is 0.0587 e. The molecule has 0 spiro atoms. The lowest BCUT2D eigenvalue weighted by Gasteiger charge is -1.15. The summed E-state index contributed by atoms with van der Waals surface area (Å²) in [6.07, 6.45) is 0.